The Hall–Kier alpha value is -2.97. The molecule has 1 aromatic rings. The van der Waals surface area contributed by atoms with Gasteiger partial charge >= 0.3 is 12.1 Å². The maximum absolute atomic E-state index is 13.4. The fourth-order valence-corrected chi connectivity index (χ4v) is 4.86. The largest absolute Gasteiger partial charge is 0.458 e. The molecule has 0 bridgehead atoms. The van der Waals surface area contributed by atoms with Gasteiger partial charge < -0.3 is 18.9 Å². The van der Waals surface area contributed by atoms with Crippen LogP contribution in [0.3, 0.4) is 0 Å². The van der Waals surface area contributed by atoms with Crippen molar-refractivity contribution in [1.82, 2.24) is 0 Å². The van der Waals surface area contributed by atoms with Gasteiger partial charge in [-0.2, -0.15) is 0 Å². The van der Waals surface area contributed by atoms with Gasteiger partial charge in [0.15, 0.2) is 11.6 Å². The van der Waals surface area contributed by atoms with Gasteiger partial charge in [-0.1, -0.05) is 25.2 Å². The van der Waals surface area contributed by atoms with E-state index in [0.717, 1.165) is 12.8 Å². The van der Waals surface area contributed by atoms with Crippen LogP contribution < -0.4 is 4.90 Å². The average Bonchev–Trinajstić information content (AvgIpc) is 3.57. The van der Waals surface area contributed by atoms with E-state index < -0.39 is 41.8 Å². The minimum absolute atomic E-state index is 0.0532. The Morgan fingerprint density at radius 3 is 2.41 bits per heavy atom. The molecule has 1 aliphatic carbocycles. The van der Waals surface area contributed by atoms with Gasteiger partial charge in [-0.25, -0.2) is 9.59 Å². The van der Waals surface area contributed by atoms with Crippen LogP contribution in [0.25, 0.3) is 6.08 Å². The Labute approximate surface area is 231 Å². The predicted molar refractivity (Wildman–Crippen MR) is 149 cm³/mol. The van der Waals surface area contributed by atoms with Crippen molar-refractivity contribution in [3.63, 3.8) is 0 Å². The molecular formula is C31H41NO7. The standard InChI is InChI=1S/C31H41NO7/c1-18-12-15-24(33)27-25(37-31(7,8)38-27)11-9-10-21-17-23(16-19(2)26(21)28(34)36-20(18)3)32(22-13-14-22)29(35)39-30(4,5)6/h9-10,12,15-18,20,22,25,27H,11,13-14H2,1-8H3/b10-9?,15-12-/t18-,20+,25+,27-/m1/s1. The zero-order valence-corrected chi connectivity index (χ0v) is 24.3. The predicted octanol–water partition coefficient (Wildman–Crippen LogP) is 6.14. The van der Waals surface area contributed by atoms with E-state index >= 15 is 0 Å². The first-order chi connectivity index (χ1) is 18.1. The quantitative estimate of drug-likeness (QED) is 0.417. The number of carbonyl (C=O) groups is 3. The van der Waals surface area contributed by atoms with E-state index in [0.29, 0.717) is 28.8 Å². The number of aryl methyl sites for hydroxylation is 1. The fourth-order valence-electron chi connectivity index (χ4n) is 4.86. The number of hydrogen-bond donors (Lipinski definition) is 0. The molecule has 1 amide bonds. The topological polar surface area (TPSA) is 91.4 Å². The molecule has 1 saturated heterocycles. The second kappa shape index (κ2) is 10.9. The number of anilines is 1. The highest BCUT2D eigenvalue weighted by molar-refractivity contribution is 5.98. The van der Waals surface area contributed by atoms with E-state index in [1.165, 1.54) is 6.08 Å². The van der Waals surface area contributed by atoms with E-state index in [1.54, 1.807) is 31.7 Å². The summed E-state index contributed by atoms with van der Waals surface area (Å²) in [5.74, 6) is -1.73. The molecule has 4 atom stereocenters. The summed E-state index contributed by atoms with van der Waals surface area (Å²) >= 11 is 0. The SMILES string of the molecule is Cc1cc(N(C(=O)OC(C)(C)C)C2CC2)cc2c1C(=O)O[C@@H](C)[C@H](C)/C=C\C(=O)[C@H]1OC(C)(C)O[C@H]1CC=C2. The van der Waals surface area contributed by atoms with Crippen LogP contribution in [0.2, 0.25) is 0 Å². The van der Waals surface area contributed by atoms with Gasteiger partial charge in [-0.05, 0) is 97.1 Å². The highest BCUT2D eigenvalue weighted by Gasteiger charge is 2.44. The van der Waals surface area contributed by atoms with Crippen molar-refractivity contribution in [3.8, 4) is 0 Å². The number of cyclic esters (lactones) is 1. The van der Waals surface area contributed by atoms with E-state index in [9.17, 15) is 14.4 Å². The minimum Gasteiger partial charge on any atom is -0.458 e. The molecule has 39 heavy (non-hydrogen) atoms. The summed E-state index contributed by atoms with van der Waals surface area (Å²) < 4.78 is 23.6. The first-order valence-electron chi connectivity index (χ1n) is 13.8. The number of carbonyl (C=O) groups excluding carboxylic acids is 3. The number of benzene rings is 1. The summed E-state index contributed by atoms with van der Waals surface area (Å²) in [7, 11) is 0. The maximum Gasteiger partial charge on any atom is 0.415 e. The third-order valence-electron chi connectivity index (χ3n) is 7.06. The third kappa shape index (κ3) is 6.97. The molecule has 2 aliphatic heterocycles. The highest BCUT2D eigenvalue weighted by Crippen LogP contribution is 2.36. The van der Waals surface area contributed by atoms with Crippen LogP contribution in [-0.4, -0.2) is 53.6 Å². The van der Waals surface area contributed by atoms with Crippen LogP contribution in [0.5, 0.6) is 0 Å². The van der Waals surface area contributed by atoms with Crippen LogP contribution in [0.4, 0.5) is 10.5 Å². The smallest absolute Gasteiger partial charge is 0.415 e. The van der Waals surface area contributed by atoms with Crippen molar-refractivity contribution in [2.75, 3.05) is 4.90 Å². The molecule has 0 radical (unpaired) electrons. The second-order valence-corrected chi connectivity index (χ2v) is 12.3. The Kier molecular flexibility index (Phi) is 8.11. The van der Waals surface area contributed by atoms with Crippen molar-refractivity contribution in [3.05, 3.63) is 47.1 Å². The molecule has 0 spiro atoms. The Morgan fingerprint density at radius 1 is 1.08 bits per heavy atom. The molecule has 2 heterocycles. The number of rotatable bonds is 2. The number of ketones is 1. The monoisotopic (exact) mass is 539 g/mol. The van der Waals surface area contributed by atoms with Gasteiger partial charge in [-0.15, -0.1) is 0 Å². The lowest BCUT2D eigenvalue weighted by atomic mass is 9.97. The number of nitrogens with zero attached hydrogens (tertiary/aromatic N) is 1. The maximum atomic E-state index is 13.4. The zero-order valence-electron chi connectivity index (χ0n) is 24.3. The van der Waals surface area contributed by atoms with Gasteiger partial charge in [-0.3, -0.25) is 9.69 Å². The van der Waals surface area contributed by atoms with E-state index in [2.05, 4.69) is 0 Å². The molecule has 212 valence electrons. The van der Waals surface area contributed by atoms with Gasteiger partial charge in [0.25, 0.3) is 0 Å². The van der Waals surface area contributed by atoms with E-state index in [4.69, 9.17) is 18.9 Å². The number of hydrogen-bond acceptors (Lipinski definition) is 7. The molecule has 2 fully saturated rings. The molecule has 1 aromatic carbocycles. The highest BCUT2D eigenvalue weighted by atomic mass is 16.8. The number of esters is 1. The summed E-state index contributed by atoms with van der Waals surface area (Å²) in [5, 5.41) is 0. The van der Waals surface area contributed by atoms with E-state index in [1.807, 2.05) is 58.9 Å². The lowest BCUT2D eigenvalue weighted by molar-refractivity contribution is -0.152. The Balaban J connectivity index is 1.76. The summed E-state index contributed by atoms with van der Waals surface area (Å²) in [6, 6.07) is 3.73. The first-order valence-corrected chi connectivity index (χ1v) is 13.8. The van der Waals surface area contributed by atoms with Gasteiger partial charge in [0, 0.05) is 17.6 Å². The summed E-state index contributed by atoms with van der Waals surface area (Å²) in [6.07, 6.45) is 7.04. The molecule has 8 heteroatoms. The normalized spacial score (nSPS) is 28.1. The van der Waals surface area contributed by atoms with Crippen molar-refractivity contribution >= 4 is 29.6 Å². The number of fused-ring (bicyclic) bond motifs is 2. The molecule has 8 nitrogen and oxygen atoms in total. The number of amides is 1. The van der Waals surface area contributed by atoms with Crippen LogP contribution in [0.1, 0.15) is 89.2 Å². The molecular weight excluding hydrogens is 498 g/mol. The average molecular weight is 540 g/mol. The molecule has 0 N–H and O–H groups in total. The van der Waals surface area contributed by atoms with Crippen LogP contribution >= 0.6 is 0 Å². The van der Waals surface area contributed by atoms with Crippen LogP contribution in [0.15, 0.2) is 30.4 Å². The lowest BCUT2D eigenvalue weighted by Crippen LogP contribution is -2.38. The van der Waals surface area contributed by atoms with Gasteiger partial charge in [0.2, 0.25) is 0 Å². The molecule has 3 aliphatic rings. The Morgan fingerprint density at radius 2 is 1.77 bits per heavy atom. The fraction of sp³-hybridized carbons (Fsp3) is 0.581. The van der Waals surface area contributed by atoms with Crippen molar-refractivity contribution < 1.29 is 33.3 Å². The summed E-state index contributed by atoms with van der Waals surface area (Å²) in [6.45, 7) is 14.7. The van der Waals surface area contributed by atoms with Crippen LogP contribution in [0, 0.1) is 12.8 Å². The van der Waals surface area contributed by atoms with Gasteiger partial charge in [0.1, 0.15) is 17.8 Å². The molecule has 0 unspecified atom stereocenters. The first kappa shape index (κ1) is 29.0. The van der Waals surface area contributed by atoms with Crippen molar-refractivity contribution in [2.24, 2.45) is 5.92 Å². The second-order valence-electron chi connectivity index (χ2n) is 12.3. The number of ether oxygens (including phenoxy) is 4. The molecule has 4 rings (SSSR count). The lowest BCUT2D eigenvalue weighted by Gasteiger charge is -2.28. The zero-order chi connectivity index (χ0) is 28.7. The Bertz CT molecular complexity index is 1190. The summed E-state index contributed by atoms with van der Waals surface area (Å²) in [4.78, 5) is 41.3. The van der Waals surface area contributed by atoms with Crippen molar-refractivity contribution in [2.45, 2.75) is 110 Å². The summed E-state index contributed by atoms with van der Waals surface area (Å²) in [5.41, 5.74) is 1.79. The van der Waals surface area contributed by atoms with Crippen molar-refractivity contribution in [1.29, 1.82) is 0 Å². The van der Waals surface area contributed by atoms with Crippen LogP contribution in [-0.2, 0) is 23.7 Å². The minimum atomic E-state index is -0.890. The van der Waals surface area contributed by atoms with Gasteiger partial charge in [0.05, 0.1) is 11.7 Å². The third-order valence-corrected chi connectivity index (χ3v) is 7.06. The molecule has 0 aromatic heterocycles. The van der Waals surface area contributed by atoms with E-state index in [-0.39, 0.29) is 17.7 Å². The molecule has 1 saturated carbocycles.